The Bertz CT molecular complexity index is 755. The van der Waals surface area contributed by atoms with Crippen LogP contribution in [0.15, 0.2) is 23.0 Å². The number of hydrogen-bond acceptors (Lipinski definition) is 4. The van der Waals surface area contributed by atoms with Crippen molar-refractivity contribution >= 4 is 11.3 Å². The van der Waals surface area contributed by atoms with Gasteiger partial charge in [0, 0.05) is 24.5 Å². The van der Waals surface area contributed by atoms with Crippen molar-refractivity contribution in [2.45, 2.75) is 33.7 Å². The number of H-pyrrole nitrogens is 1. The van der Waals surface area contributed by atoms with Crippen molar-refractivity contribution in [3.05, 3.63) is 38.3 Å². The summed E-state index contributed by atoms with van der Waals surface area (Å²) in [7, 11) is 1.68. The summed E-state index contributed by atoms with van der Waals surface area (Å²) in [5.74, 6) is 2.31. The number of ether oxygens (including phenoxy) is 1. The molecular formula is C19H26N2O2S. The lowest BCUT2D eigenvalue weighted by Gasteiger charge is -2.34. The third-order valence-electron chi connectivity index (χ3n) is 4.72. The Labute approximate surface area is 147 Å². The van der Waals surface area contributed by atoms with Crippen LogP contribution in [0.2, 0.25) is 0 Å². The molecule has 1 N–H and O–H groups in total. The Balaban J connectivity index is 1.88. The number of aryl methyl sites for hydroxylation is 1. The molecule has 130 valence electrons. The predicted octanol–water partition coefficient (Wildman–Crippen LogP) is 3.90. The number of piperidine rings is 1. The maximum atomic E-state index is 12.0. The molecule has 2 aromatic rings. The fourth-order valence-electron chi connectivity index (χ4n) is 3.86. The van der Waals surface area contributed by atoms with Crippen LogP contribution < -0.4 is 9.61 Å². The fraction of sp³-hybridized carbons (Fsp3) is 0.526. The molecular weight excluding hydrogens is 320 g/mol. The van der Waals surface area contributed by atoms with E-state index < -0.39 is 0 Å². The molecule has 24 heavy (non-hydrogen) atoms. The van der Waals surface area contributed by atoms with Gasteiger partial charge in [0.1, 0.15) is 5.75 Å². The first-order valence-corrected chi connectivity index (χ1v) is 9.37. The van der Waals surface area contributed by atoms with Crippen LogP contribution in [-0.4, -0.2) is 30.1 Å². The van der Waals surface area contributed by atoms with E-state index in [4.69, 9.17) is 4.74 Å². The molecule has 2 unspecified atom stereocenters. The molecule has 3 rings (SSSR count). The summed E-state index contributed by atoms with van der Waals surface area (Å²) >= 11 is 1.34. The number of benzene rings is 1. The van der Waals surface area contributed by atoms with Gasteiger partial charge in [0.2, 0.25) is 0 Å². The van der Waals surface area contributed by atoms with E-state index in [1.54, 1.807) is 7.11 Å². The minimum absolute atomic E-state index is 0.0200. The van der Waals surface area contributed by atoms with Crippen molar-refractivity contribution in [3.63, 3.8) is 0 Å². The van der Waals surface area contributed by atoms with Crippen molar-refractivity contribution < 1.29 is 4.74 Å². The molecule has 1 aromatic heterocycles. The maximum absolute atomic E-state index is 12.0. The van der Waals surface area contributed by atoms with Crippen LogP contribution in [0.1, 0.15) is 30.7 Å². The van der Waals surface area contributed by atoms with Gasteiger partial charge in [0.05, 0.1) is 12.8 Å². The SMILES string of the molecule is COc1ccc(-c2[nH]c(=O)sc2CN2CC(C)CC(C)C2)cc1C. The van der Waals surface area contributed by atoms with Crippen LogP contribution in [0.3, 0.4) is 0 Å². The number of methoxy groups -OCH3 is 1. The van der Waals surface area contributed by atoms with E-state index in [2.05, 4.69) is 29.8 Å². The van der Waals surface area contributed by atoms with Crippen LogP contribution in [0.25, 0.3) is 11.3 Å². The van der Waals surface area contributed by atoms with Crippen molar-refractivity contribution in [2.75, 3.05) is 20.2 Å². The zero-order chi connectivity index (χ0) is 17.3. The number of aromatic nitrogens is 1. The van der Waals surface area contributed by atoms with Gasteiger partial charge >= 0.3 is 4.87 Å². The first-order chi connectivity index (χ1) is 11.5. The van der Waals surface area contributed by atoms with E-state index in [0.29, 0.717) is 0 Å². The number of thiazole rings is 1. The molecule has 0 spiro atoms. The van der Waals surface area contributed by atoms with E-state index >= 15 is 0 Å². The molecule has 4 nitrogen and oxygen atoms in total. The van der Waals surface area contributed by atoms with Crippen molar-refractivity contribution in [1.82, 2.24) is 9.88 Å². The molecule has 0 aliphatic carbocycles. The molecule has 2 atom stereocenters. The van der Waals surface area contributed by atoms with Gasteiger partial charge in [-0.1, -0.05) is 25.2 Å². The standard InChI is InChI=1S/C19H26N2O2S/c1-12-7-13(2)10-21(9-12)11-17-18(20-19(22)24-17)15-5-6-16(23-4)14(3)8-15/h5-6,8,12-13H,7,9-11H2,1-4H3,(H,20,22). The number of nitrogens with one attached hydrogen (secondary N) is 1. The minimum Gasteiger partial charge on any atom is -0.496 e. The fourth-order valence-corrected chi connectivity index (χ4v) is 4.76. The van der Waals surface area contributed by atoms with Crippen LogP contribution in [0.4, 0.5) is 0 Å². The Morgan fingerprint density at radius 1 is 1.29 bits per heavy atom. The predicted molar refractivity (Wildman–Crippen MR) is 99.9 cm³/mol. The third kappa shape index (κ3) is 3.73. The largest absolute Gasteiger partial charge is 0.496 e. The smallest absolute Gasteiger partial charge is 0.305 e. The maximum Gasteiger partial charge on any atom is 0.305 e. The molecule has 1 aliphatic rings. The average molecular weight is 346 g/mol. The summed E-state index contributed by atoms with van der Waals surface area (Å²) < 4.78 is 5.34. The summed E-state index contributed by atoms with van der Waals surface area (Å²) in [5.41, 5.74) is 3.09. The monoisotopic (exact) mass is 346 g/mol. The molecule has 0 amide bonds. The molecule has 1 aliphatic heterocycles. The van der Waals surface area contributed by atoms with E-state index in [0.717, 1.165) is 58.9 Å². The molecule has 1 fully saturated rings. The van der Waals surface area contributed by atoms with Crippen LogP contribution in [0, 0.1) is 18.8 Å². The van der Waals surface area contributed by atoms with Crippen LogP contribution >= 0.6 is 11.3 Å². The molecule has 1 aromatic carbocycles. The van der Waals surface area contributed by atoms with Gasteiger partial charge in [-0.25, -0.2) is 0 Å². The molecule has 2 heterocycles. The van der Waals surface area contributed by atoms with E-state index in [1.165, 1.54) is 17.8 Å². The average Bonchev–Trinajstić information content (AvgIpc) is 2.86. The number of nitrogens with zero attached hydrogens (tertiary/aromatic N) is 1. The first kappa shape index (κ1) is 17.2. The van der Waals surface area contributed by atoms with Crippen LogP contribution in [-0.2, 0) is 6.54 Å². The van der Waals surface area contributed by atoms with Gasteiger partial charge in [0.15, 0.2) is 0 Å². The highest BCUT2D eigenvalue weighted by atomic mass is 32.1. The van der Waals surface area contributed by atoms with E-state index in [9.17, 15) is 4.79 Å². The Kier molecular flexibility index (Phi) is 5.11. The zero-order valence-corrected chi connectivity index (χ0v) is 15.7. The normalized spacial score (nSPS) is 21.8. The minimum atomic E-state index is 0.0200. The first-order valence-electron chi connectivity index (χ1n) is 8.55. The quantitative estimate of drug-likeness (QED) is 0.913. The molecule has 5 heteroatoms. The molecule has 1 saturated heterocycles. The van der Waals surface area contributed by atoms with E-state index in [-0.39, 0.29) is 4.87 Å². The lowest BCUT2D eigenvalue weighted by atomic mass is 9.92. The van der Waals surface area contributed by atoms with Crippen LogP contribution in [0.5, 0.6) is 5.75 Å². The van der Waals surface area contributed by atoms with Gasteiger partial charge in [-0.05, 0) is 54.5 Å². The molecule has 0 saturated carbocycles. The topological polar surface area (TPSA) is 45.3 Å². The van der Waals surface area contributed by atoms with Crippen molar-refractivity contribution in [1.29, 1.82) is 0 Å². The highest BCUT2D eigenvalue weighted by molar-refractivity contribution is 7.09. The second-order valence-electron chi connectivity index (χ2n) is 7.14. The zero-order valence-electron chi connectivity index (χ0n) is 14.9. The van der Waals surface area contributed by atoms with Gasteiger partial charge in [-0.3, -0.25) is 9.69 Å². The molecule has 0 radical (unpaired) electrons. The second-order valence-corrected chi connectivity index (χ2v) is 8.20. The Morgan fingerprint density at radius 3 is 2.62 bits per heavy atom. The summed E-state index contributed by atoms with van der Waals surface area (Å²) in [6, 6.07) is 6.08. The number of rotatable bonds is 4. The van der Waals surface area contributed by atoms with Gasteiger partial charge in [-0.15, -0.1) is 0 Å². The third-order valence-corrected chi connectivity index (χ3v) is 5.58. The number of aromatic amines is 1. The summed E-state index contributed by atoms with van der Waals surface area (Å²) in [5, 5.41) is 0. The van der Waals surface area contributed by atoms with Crippen molar-refractivity contribution in [2.24, 2.45) is 11.8 Å². The summed E-state index contributed by atoms with van der Waals surface area (Å²) in [4.78, 5) is 18.7. The van der Waals surface area contributed by atoms with Gasteiger partial charge in [-0.2, -0.15) is 0 Å². The molecule has 0 bridgehead atoms. The highest BCUT2D eigenvalue weighted by Crippen LogP contribution is 2.30. The second kappa shape index (κ2) is 7.11. The number of hydrogen-bond donors (Lipinski definition) is 1. The highest BCUT2D eigenvalue weighted by Gasteiger charge is 2.23. The Morgan fingerprint density at radius 2 is 2.00 bits per heavy atom. The summed E-state index contributed by atoms with van der Waals surface area (Å²) in [6.07, 6.45) is 1.30. The van der Waals surface area contributed by atoms with Gasteiger partial charge in [0.25, 0.3) is 0 Å². The number of likely N-dealkylation sites (tertiary alicyclic amines) is 1. The Hall–Kier alpha value is -1.59. The van der Waals surface area contributed by atoms with E-state index in [1.807, 2.05) is 19.1 Å². The van der Waals surface area contributed by atoms with Gasteiger partial charge < -0.3 is 9.72 Å². The summed E-state index contributed by atoms with van der Waals surface area (Å²) in [6.45, 7) is 9.72. The van der Waals surface area contributed by atoms with Crippen molar-refractivity contribution in [3.8, 4) is 17.0 Å². The lowest BCUT2D eigenvalue weighted by molar-refractivity contribution is 0.135. The lowest BCUT2D eigenvalue weighted by Crippen LogP contribution is -2.38.